The number of aryl methyl sites for hydroxylation is 1. The van der Waals surface area contributed by atoms with Crippen molar-refractivity contribution in [3.8, 4) is 11.4 Å². The van der Waals surface area contributed by atoms with Crippen LogP contribution >= 0.6 is 0 Å². The molecule has 0 fully saturated rings. The Morgan fingerprint density at radius 2 is 2.25 bits per heavy atom. The van der Waals surface area contributed by atoms with Crippen molar-refractivity contribution >= 4 is 0 Å². The third kappa shape index (κ3) is 2.46. The molecule has 16 heavy (non-hydrogen) atoms. The largest absolute Gasteiger partial charge is 0.472 e. The second-order valence-electron chi connectivity index (χ2n) is 3.62. The van der Waals surface area contributed by atoms with Crippen molar-refractivity contribution in [2.45, 2.75) is 20.4 Å². The first kappa shape index (κ1) is 10.8. The summed E-state index contributed by atoms with van der Waals surface area (Å²) in [5.41, 5.74) is 2.89. The number of nitrogens with zero attached hydrogens (tertiary/aromatic N) is 2. The zero-order chi connectivity index (χ0) is 11.4. The first-order valence-corrected chi connectivity index (χ1v) is 5.37. The van der Waals surface area contributed by atoms with Crippen LogP contribution in [0.2, 0.25) is 0 Å². The summed E-state index contributed by atoms with van der Waals surface area (Å²) in [6.07, 6.45) is 3.29. The number of nitrogens with one attached hydrogen (secondary N) is 1. The third-order valence-electron chi connectivity index (χ3n) is 2.24. The van der Waals surface area contributed by atoms with Crippen molar-refractivity contribution in [1.29, 1.82) is 0 Å². The molecule has 0 saturated carbocycles. The smallest absolute Gasteiger partial charge is 0.162 e. The quantitative estimate of drug-likeness (QED) is 0.852. The molecule has 0 bridgehead atoms. The summed E-state index contributed by atoms with van der Waals surface area (Å²) < 4.78 is 5.03. The highest BCUT2D eigenvalue weighted by molar-refractivity contribution is 5.52. The lowest BCUT2D eigenvalue weighted by Gasteiger charge is -2.04. The predicted octanol–water partition coefficient (Wildman–Crippen LogP) is 2.15. The van der Waals surface area contributed by atoms with Crippen LogP contribution in [0.5, 0.6) is 0 Å². The van der Waals surface area contributed by atoms with E-state index >= 15 is 0 Å². The van der Waals surface area contributed by atoms with E-state index in [1.54, 1.807) is 12.5 Å². The van der Waals surface area contributed by atoms with Crippen molar-refractivity contribution in [2.24, 2.45) is 0 Å². The zero-order valence-corrected chi connectivity index (χ0v) is 9.53. The van der Waals surface area contributed by atoms with E-state index in [1.807, 2.05) is 19.1 Å². The van der Waals surface area contributed by atoms with E-state index in [9.17, 15) is 0 Å². The predicted molar refractivity (Wildman–Crippen MR) is 61.9 cm³/mol. The summed E-state index contributed by atoms with van der Waals surface area (Å²) in [6, 6.07) is 3.86. The van der Waals surface area contributed by atoms with E-state index < -0.39 is 0 Å². The molecule has 4 heteroatoms. The van der Waals surface area contributed by atoms with E-state index in [4.69, 9.17) is 4.42 Å². The maximum Gasteiger partial charge on any atom is 0.162 e. The molecule has 0 aliphatic rings. The Morgan fingerprint density at radius 1 is 1.38 bits per heavy atom. The number of hydrogen-bond acceptors (Lipinski definition) is 4. The van der Waals surface area contributed by atoms with Crippen LogP contribution in [0, 0.1) is 6.92 Å². The van der Waals surface area contributed by atoms with E-state index in [0.717, 1.165) is 35.9 Å². The highest BCUT2D eigenvalue weighted by Crippen LogP contribution is 2.16. The molecular formula is C12H15N3O. The Morgan fingerprint density at radius 3 is 2.94 bits per heavy atom. The third-order valence-corrected chi connectivity index (χ3v) is 2.24. The summed E-state index contributed by atoms with van der Waals surface area (Å²) >= 11 is 0. The van der Waals surface area contributed by atoms with Crippen LogP contribution in [0.3, 0.4) is 0 Å². The fourth-order valence-electron chi connectivity index (χ4n) is 1.50. The molecule has 0 amide bonds. The molecule has 0 aromatic carbocycles. The molecule has 0 aliphatic heterocycles. The summed E-state index contributed by atoms with van der Waals surface area (Å²) in [5.74, 6) is 0.724. The number of aromatic nitrogens is 2. The maximum absolute atomic E-state index is 5.03. The van der Waals surface area contributed by atoms with Gasteiger partial charge in [0.2, 0.25) is 0 Å². The van der Waals surface area contributed by atoms with Crippen molar-refractivity contribution in [3.05, 3.63) is 36.0 Å². The number of rotatable bonds is 4. The molecule has 0 aliphatic carbocycles. The molecule has 4 nitrogen and oxygen atoms in total. The van der Waals surface area contributed by atoms with Gasteiger partial charge in [-0.1, -0.05) is 6.92 Å². The Balaban J connectivity index is 2.29. The summed E-state index contributed by atoms with van der Waals surface area (Å²) in [7, 11) is 0. The molecule has 2 rings (SSSR count). The first-order valence-electron chi connectivity index (χ1n) is 5.37. The average molecular weight is 217 g/mol. The molecule has 2 aromatic heterocycles. The highest BCUT2D eigenvalue weighted by atomic mass is 16.3. The molecule has 1 N–H and O–H groups in total. The lowest BCUT2D eigenvalue weighted by Crippen LogP contribution is -2.13. The first-order chi connectivity index (χ1) is 7.79. The van der Waals surface area contributed by atoms with Gasteiger partial charge in [-0.25, -0.2) is 9.97 Å². The van der Waals surface area contributed by atoms with Gasteiger partial charge in [0.15, 0.2) is 5.82 Å². The van der Waals surface area contributed by atoms with Gasteiger partial charge in [-0.3, -0.25) is 0 Å². The molecule has 0 radical (unpaired) electrons. The van der Waals surface area contributed by atoms with Crippen molar-refractivity contribution in [1.82, 2.24) is 15.3 Å². The Bertz CT molecular complexity index is 451. The van der Waals surface area contributed by atoms with E-state index in [1.165, 1.54) is 0 Å². The number of hydrogen-bond donors (Lipinski definition) is 1. The highest BCUT2D eigenvalue weighted by Gasteiger charge is 2.05. The SMILES string of the molecule is CCNCc1cc(C)nc(-c2ccoc2)n1. The van der Waals surface area contributed by atoms with Gasteiger partial charge >= 0.3 is 0 Å². The lowest BCUT2D eigenvalue weighted by molar-refractivity contribution is 0.568. The second kappa shape index (κ2) is 4.90. The van der Waals surface area contributed by atoms with Gasteiger partial charge in [-0.2, -0.15) is 0 Å². The van der Waals surface area contributed by atoms with Gasteiger partial charge < -0.3 is 9.73 Å². The summed E-state index contributed by atoms with van der Waals surface area (Å²) in [4.78, 5) is 8.87. The molecule has 0 spiro atoms. The van der Waals surface area contributed by atoms with Crippen LogP contribution in [0.4, 0.5) is 0 Å². The Hall–Kier alpha value is -1.68. The topological polar surface area (TPSA) is 51.0 Å². The van der Waals surface area contributed by atoms with Gasteiger partial charge in [0.25, 0.3) is 0 Å². The minimum Gasteiger partial charge on any atom is -0.472 e. The van der Waals surface area contributed by atoms with Crippen molar-refractivity contribution in [3.63, 3.8) is 0 Å². The summed E-state index contributed by atoms with van der Waals surface area (Å²) in [5, 5.41) is 3.25. The Kier molecular flexibility index (Phi) is 3.31. The van der Waals surface area contributed by atoms with Crippen LogP contribution in [-0.2, 0) is 6.54 Å². The fourth-order valence-corrected chi connectivity index (χ4v) is 1.50. The molecule has 2 heterocycles. The molecule has 0 unspecified atom stereocenters. The van der Waals surface area contributed by atoms with Crippen LogP contribution in [0.1, 0.15) is 18.3 Å². The van der Waals surface area contributed by atoms with E-state index in [0.29, 0.717) is 0 Å². The number of furan rings is 1. The van der Waals surface area contributed by atoms with E-state index in [2.05, 4.69) is 22.2 Å². The van der Waals surface area contributed by atoms with Crippen molar-refractivity contribution < 1.29 is 4.42 Å². The minimum atomic E-state index is 0.724. The monoisotopic (exact) mass is 217 g/mol. The van der Waals surface area contributed by atoms with Crippen molar-refractivity contribution in [2.75, 3.05) is 6.54 Å². The molecule has 2 aromatic rings. The fraction of sp³-hybridized carbons (Fsp3) is 0.333. The van der Waals surface area contributed by atoms with Gasteiger partial charge in [0.05, 0.1) is 17.5 Å². The van der Waals surface area contributed by atoms with Gasteiger partial charge in [-0.05, 0) is 25.6 Å². The van der Waals surface area contributed by atoms with Gasteiger partial charge in [-0.15, -0.1) is 0 Å². The summed E-state index contributed by atoms with van der Waals surface area (Å²) in [6.45, 7) is 5.75. The minimum absolute atomic E-state index is 0.724. The van der Waals surface area contributed by atoms with Crippen LogP contribution < -0.4 is 5.32 Å². The maximum atomic E-state index is 5.03. The van der Waals surface area contributed by atoms with E-state index in [-0.39, 0.29) is 0 Å². The average Bonchev–Trinajstić information content (AvgIpc) is 2.79. The van der Waals surface area contributed by atoms with Gasteiger partial charge in [0, 0.05) is 12.2 Å². The standard InChI is InChI=1S/C12H15N3O/c1-3-13-7-11-6-9(2)14-12(15-11)10-4-5-16-8-10/h4-6,8,13H,3,7H2,1-2H3. The molecule has 0 atom stereocenters. The lowest BCUT2D eigenvalue weighted by atomic mass is 10.2. The van der Waals surface area contributed by atoms with Gasteiger partial charge in [0.1, 0.15) is 6.26 Å². The van der Waals surface area contributed by atoms with Crippen LogP contribution in [-0.4, -0.2) is 16.5 Å². The van der Waals surface area contributed by atoms with Crippen LogP contribution in [0.25, 0.3) is 11.4 Å². The zero-order valence-electron chi connectivity index (χ0n) is 9.53. The normalized spacial score (nSPS) is 10.6. The van der Waals surface area contributed by atoms with Crippen LogP contribution in [0.15, 0.2) is 29.1 Å². The molecule has 0 saturated heterocycles. The molecular weight excluding hydrogens is 202 g/mol. The second-order valence-corrected chi connectivity index (χ2v) is 3.62. The Labute approximate surface area is 94.7 Å². The molecule has 84 valence electrons.